The van der Waals surface area contributed by atoms with Crippen molar-refractivity contribution in [2.45, 2.75) is 38.5 Å². The molecule has 2 aliphatic rings. The van der Waals surface area contributed by atoms with Crippen LogP contribution in [0.15, 0.2) is 0 Å². The molecule has 18 heavy (non-hydrogen) atoms. The maximum absolute atomic E-state index is 12.3. The van der Waals surface area contributed by atoms with Gasteiger partial charge in [0, 0.05) is 26.1 Å². The predicted octanol–water partition coefficient (Wildman–Crippen LogP) is 2.14. The summed E-state index contributed by atoms with van der Waals surface area (Å²) >= 11 is 2.02. The Morgan fingerprint density at radius 2 is 2.00 bits per heavy atom. The Balaban J connectivity index is 1.76. The summed E-state index contributed by atoms with van der Waals surface area (Å²) in [4.78, 5) is 14.3. The molecule has 2 aliphatic heterocycles. The zero-order chi connectivity index (χ0) is 12.8. The van der Waals surface area contributed by atoms with E-state index in [1.165, 1.54) is 30.8 Å². The first-order valence-corrected chi connectivity index (χ1v) is 8.41. The van der Waals surface area contributed by atoms with Gasteiger partial charge in [-0.15, -0.1) is 0 Å². The normalized spacial score (nSPS) is 26.3. The van der Waals surface area contributed by atoms with Crippen molar-refractivity contribution in [3.63, 3.8) is 0 Å². The molecule has 0 aliphatic carbocycles. The van der Waals surface area contributed by atoms with E-state index in [1.807, 2.05) is 16.7 Å². The number of aliphatic hydroxyl groups excluding tert-OH is 1. The van der Waals surface area contributed by atoms with Gasteiger partial charge in [0.25, 0.3) is 0 Å². The summed E-state index contributed by atoms with van der Waals surface area (Å²) in [6.07, 6.45) is 6.31. The molecule has 0 spiro atoms. The van der Waals surface area contributed by atoms with Crippen LogP contribution in [0.4, 0.5) is 0 Å². The number of aliphatic hydroxyl groups is 1. The third-order valence-electron chi connectivity index (χ3n) is 4.21. The molecule has 2 fully saturated rings. The monoisotopic (exact) mass is 271 g/mol. The van der Waals surface area contributed by atoms with E-state index in [9.17, 15) is 4.79 Å². The molecule has 0 bridgehead atoms. The first-order chi connectivity index (χ1) is 8.79. The summed E-state index contributed by atoms with van der Waals surface area (Å²) in [5.41, 5.74) is 0. The second kappa shape index (κ2) is 7.39. The van der Waals surface area contributed by atoms with E-state index in [0.29, 0.717) is 17.7 Å². The van der Waals surface area contributed by atoms with Gasteiger partial charge in [-0.3, -0.25) is 4.79 Å². The number of carbonyl (C=O) groups is 1. The highest BCUT2D eigenvalue weighted by molar-refractivity contribution is 7.99. The van der Waals surface area contributed by atoms with Gasteiger partial charge in [-0.2, -0.15) is 11.8 Å². The second-order valence-electron chi connectivity index (χ2n) is 5.62. The smallest absolute Gasteiger partial charge is 0.222 e. The Bertz CT molecular complexity index is 265. The van der Waals surface area contributed by atoms with Gasteiger partial charge >= 0.3 is 0 Å². The minimum absolute atomic E-state index is 0.256. The summed E-state index contributed by atoms with van der Waals surface area (Å²) in [5, 5.41) is 9.00. The van der Waals surface area contributed by atoms with Crippen molar-refractivity contribution in [1.82, 2.24) is 4.90 Å². The van der Waals surface area contributed by atoms with Gasteiger partial charge in [0.2, 0.25) is 5.91 Å². The molecule has 0 aromatic rings. The standard InChI is InChI=1S/C14H25NO2S/c16-7-3-13-2-1-6-15(11-13)14(17)10-12-4-8-18-9-5-12/h12-13,16H,1-11H2. The molecule has 104 valence electrons. The Hall–Kier alpha value is -0.220. The Morgan fingerprint density at radius 1 is 1.22 bits per heavy atom. The van der Waals surface area contributed by atoms with Crippen LogP contribution < -0.4 is 0 Å². The number of likely N-dealkylation sites (tertiary alicyclic amines) is 1. The Kier molecular flexibility index (Phi) is 5.83. The first kappa shape index (κ1) is 14.2. The average molecular weight is 271 g/mol. The maximum Gasteiger partial charge on any atom is 0.222 e. The highest BCUT2D eigenvalue weighted by Gasteiger charge is 2.25. The zero-order valence-electron chi connectivity index (χ0n) is 11.1. The molecule has 1 unspecified atom stereocenters. The van der Waals surface area contributed by atoms with Crippen molar-refractivity contribution in [2.24, 2.45) is 11.8 Å². The van der Waals surface area contributed by atoms with Gasteiger partial charge in [-0.25, -0.2) is 0 Å². The van der Waals surface area contributed by atoms with Crippen LogP contribution in [-0.2, 0) is 4.79 Å². The number of carbonyl (C=O) groups excluding carboxylic acids is 1. The van der Waals surface area contributed by atoms with Gasteiger partial charge in [0.05, 0.1) is 0 Å². The van der Waals surface area contributed by atoms with Crippen molar-refractivity contribution in [1.29, 1.82) is 0 Å². The number of nitrogens with zero attached hydrogens (tertiary/aromatic N) is 1. The lowest BCUT2D eigenvalue weighted by Gasteiger charge is -2.34. The molecule has 2 rings (SSSR count). The van der Waals surface area contributed by atoms with Crippen molar-refractivity contribution in [3.05, 3.63) is 0 Å². The quantitative estimate of drug-likeness (QED) is 0.851. The fraction of sp³-hybridized carbons (Fsp3) is 0.929. The van der Waals surface area contributed by atoms with Crippen molar-refractivity contribution < 1.29 is 9.90 Å². The number of hydrogen-bond donors (Lipinski definition) is 1. The molecule has 1 N–H and O–H groups in total. The van der Waals surface area contributed by atoms with Crippen LogP contribution in [-0.4, -0.2) is 47.1 Å². The highest BCUT2D eigenvalue weighted by atomic mass is 32.2. The number of piperidine rings is 1. The van der Waals surface area contributed by atoms with E-state index in [2.05, 4.69) is 0 Å². The van der Waals surface area contributed by atoms with Crippen LogP contribution in [0, 0.1) is 11.8 Å². The molecule has 3 nitrogen and oxygen atoms in total. The Morgan fingerprint density at radius 3 is 2.72 bits per heavy atom. The van der Waals surface area contributed by atoms with E-state index in [4.69, 9.17) is 5.11 Å². The number of hydrogen-bond acceptors (Lipinski definition) is 3. The van der Waals surface area contributed by atoms with Crippen LogP contribution in [0.25, 0.3) is 0 Å². The molecule has 0 aromatic carbocycles. The summed E-state index contributed by atoms with van der Waals surface area (Å²) in [5.74, 6) is 3.96. The molecule has 0 aromatic heterocycles. The molecule has 0 saturated carbocycles. The molecule has 1 amide bonds. The van der Waals surface area contributed by atoms with Crippen molar-refractivity contribution >= 4 is 17.7 Å². The van der Waals surface area contributed by atoms with Crippen molar-refractivity contribution in [2.75, 3.05) is 31.2 Å². The summed E-state index contributed by atoms with van der Waals surface area (Å²) < 4.78 is 0. The van der Waals surface area contributed by atoms with Gasteiger partial charge in [-0.05, 0) is 55.4 Å². The summed E-state index contributed by atoms with van der Waals surface area (Å²) in [6.45, 7) is 2.07. The molecule has 0 radical (unpaired) electrons. The molecule has 1 atom stereocenters. The highest BCUT2D eigenvalue weighted by Crippen LogP contribution is 2.27. The third-order valence-corrected chi connectivity index (χ3v) is 5.26. The van der Waals surface area contributed by atoms with E-state index in [0.717, 1.165) is 32.4 Å². The van der Waals surface area contributed by atoms with E-state index >= 15 is 0 Å². The van der Waals surface area contributed by atoms with E-state index in [-0.39, 0.29) is 6.61 Å². The number of amides is 1. The number of rotatable bonds is 4. The van der Waals surface area contributed by atoms with Crippen molar-refractivity contribution in [3.8, 4) is 0 Å². The van der Waals surface area contributed by atoms with Gasteiger partial charge in [0.15, 0.2) is 0 Å². The minimum atomic E-state index is 0.256. The third kappa shape index (κ3) is 4.16. The number of thioether (sulfide) groups is 1. The predicted molar refractivity (Wildman–Crippen MR) is 75.7 cm³/mol. The fourth-order valence-electron chi connectivity index (χ4n) is 3.04. The van der Waals surface area contributed by atoms with Crippen LogP contribution in [0.1, 0.15) is 38.5 Å². The van der Waals surface area contributed by atoms with Crippen LogP contribution in [0.2, 0.25) is 0 Å². The van der Waals surface area contributed by atoms with E-state index in [1.54, 1.807) is 0 Å². The van der Waals surface area contributed by atoms with Crippen LogP contribution >= 0.6 is 11.8 Å². The van der Waals surface area contributed by atoms with Gasteiger partial charge < -0.3 is 10.0 Å². The lowest BCUT2D eigenvalue weighted by molar-refractivity contribution is -0.134. The largest absolute Gasteiger partial charge is 0.396 e. The van der Waals surface area contributed by atoms with Gasteiger partial charge in [0.1, 0.15) is 0 Å². The fourth-order valence-corrected chi connectivity index (χ4v) is 4.24. The van der Waals surface area contributed by atoms with Crippen LogP contribution in [0.3, 0.4) is 0 Å². The molecule has 2 heterocycles. The average Bonchev–Trinajstić information content (AvgIpc) is 2.40. The lowest BCUT2D eigenvalue weighted by atomic mass is 9.93. The molecule has 2 saturated heterocycles. The lowest BCUT2D eigenvalue weighted by Crippen LogP contribution is -2.41. The molecular weight excluding hydrogens is 246 g/mol. The molecular formula is C14H25NO2S. The van der Waals surface area contributed by atoms with Crippen LogP contribution in [0.5, 0.6) is 0 Å². The summed E-state index contributed by atoms with van der Waals surface area (Å²) in [6, 6.07) is 0. The maximum atomic E-state index is 12.3. The topological polar surface area (TPSA) is 40.5 Å². The Labute approximate surface area is 114 Å². The zero-order valence-corrected chi connectivity index (χ0v) is 12.0. The summed E-state index contributed by atoms with van der Waals surface area (Å²) in [7, 11) is 0. The molecule has 4 heteroatoms. The van der Waals surface area contributed by atoms with E-state index < -0.39 is 0 Å². The second-order valence-corrected chi connectivity index (χ2v) is 6.84. The SMILES string of the molecule is O=C(CC1CCSCC1)N1CCCC(CCO)C1. The van der Waals surface area contributed by atoms with Gasteiger partial charge in [-0.1, -0.05) is 0 Å². The first-order valence-electron chi connectivity index (χ1n) is 7.26. The minimum Gasteiger partial charge on any atom is -0.396 e.